The first-order valence-corrected chi connectivity index (χ1v) is 14.0. The molecule has 0 spiro atoms. The Hall–Kier alpha value is -4.13. The number of ether oxygens (including phenoxy) is 1. The average molecular weight is 558 g/mol. The molecule has 41 heavy (non-hydrogen) atoms. The molecule has 0 aliphatic heterocycles. The molecular formula is C34H43N3O4. The lowest BCUT2D eigenvalue weighted by Crippen LogP contribution is -2.59. The number of amides is 3. The normalized spacial score (nSPS) is 13.0. The molecule has 2 unspecified atom stereocenters. The molecule has 3 aromatic carbocycles. The minimum Gasteiger partial charge on any atom is -0.444 e. The van der Waals surface area contributed by atoms with Crippen molar-refractivity contribution in [3.05, 3.63) is 107 Å². The van der Waals surface area contributed by atoms with Crippen molar-refractivity contribution in [3.63, 3.8) is 0 Å². The molecule has 3 aromatic rings. The predicted molar refractivity (Wildman–Crippen MR) is 162 cm³/mol. The summed E-state index contributed by atoms with van der Waals surface area (Å²) in [6.45, 7) is 13.2. The summed E-state index contributed by atoms with van der Waals surface area (Å²) in [5.74, 6) is -0.683. The number of nitrogens with one attached hydrogen (secondary N) is 2. The average Bonchev–Trinajstić information content (AvgIpc) is 2.89. The second-order valence-corrected chi connectivity index (χ2v) is 12.2. The molecule has 0 saturated carbocycles. The summed E-state index contributed by atoms with van der Waals surface area (Å²) in [5.41, 5.74) is 1.91. The standard InChI is InChI=1S/C34H43N3O4/c1-24-16-14-15-21-27(24)29(30(38)35-23-26-19-12-9-13-20-26)37(33(2,3)4)31(39)28(22-25-17-10-8-11-18-25)36-32(40)41-34(5,6)7/h8-21,28-29H,22-23H2,1-7H3,(H,35,38)(H,36,40). The third kappa shape index (κ3) is 9.20. The molecule has 0 heterocycles. The van der Waals surface area contributed by atoms with Crippen LogP contribution in [0.15, 0.2) is 84.9 Å². The quantitative estimate of drug-likeness (QED) is 0.332. The van der Waals surface area contributed by atoms with Gasteiger partial charge in [-0.2, -0.15) is 0 Å². The Balaban J connectivity index is 2.05. The van der Waals surface area contributed by atoms with Crippen LogP contribution in [0.1, 0.15) is 69.8 Å². The Morgan fingerprint density at radius 3 is 1.85 bits per heavy atom. The fourth-order valence-corrected chi connectivity index (χ4v) is 4.69. The van der Waals surface area contributed by atoms with E-state index >= 15 is 0 Å². The fourth-order valence-electron chi connectivity index (χ4n) is 4.69. The zero-order valence-electron chi connectivity index (χ0n) is 25.2. The molecule has 3 rings (SSSR count). The van der Waals surface area contributed by atoms with Gasteiger partial charge >= 0.3 is 6.09 Å². The van der Waals surface area contributed by atoms with Crippen LogP contribution in [0.25, 0.3) is 0 Å². The summed E-state index contributed by atoms with van der Waals surface area (Å²) in [4.78, 5) is 43.1. The summed E-state index contributed by atoms with van der Waals surface area (Å²) < 4.78 is 5.52. The first-order chi connectivity index (χ1) is 19.3. The van der Waals surface area contributed by atoms with Gasteiger partial charge in [0.1, 0.15) is 17.7 Å². The summed E-state index contributed by atoms with van der Waals surface area (Å²) in [6.07, 6.45) is -0.459. The van der Waals surface area contributed by atoms with Gasteiger partial charge in [0.2, 0.25) is 11.8 Å². The maximum Gasteiger partial charge on any atom is 0.408 e. The van der Waals surface area contributed by atoms with Crippen molar-refractivity contribution >= 4 is 17.9 Å². The van der Waals surface area contributed by atoms with Crippen LogP contribution in [0.4, 0.5) is 4.79 Å². The van der Waals surface area contributed by atoms with Crippen LogP contribution < -0.4 is 10.6 Å². The third-order valence-corrected chi connectivity index (χ3v) is 6.53. The van der Waals surface area contributed by atoms with Crippen molar-refractivity contribution in [2.24, 2.45) is 0 Å². The largest absolute Gasteiger partial charge is 0.444 e. The molecule has 0 radical (unpaired) electrons. The van der Waals surface area contributed by atoms with Gasteiger partial charge in [-0.15, -0.1) is 0 Å². The van der Waals surface area contributed by atoms with Gasteiger partial charge in [-0.1, -0.05) is 84.9 Å². The van der Waals surface area contributed by atoms with Gasteiger partial charge in [-0.25, -0.2) is 4.79 Å². The number of nitrogens with zero attached hydrogens (tertiary/aromatic N) is 1. The molecule has 0 aliphatic rings. The Morgan fingerprint density at radius 2 is 1.32 bits per heavy atom. The molecule has 0 aliphatic carbocycles. The van der Waals surface area contributed by atoms with Crippen LogP contribution in [0.2, 0.25) is 0 Å². The Bertz CT molecular complexity index is 1310. The number of alkyl carbamates (subject to hydrolysis) is 1. The van der Waals surface area contributed by atoms with Crippen molar-refractivity contribution in [3.8, 4) is 0 Å². The summed E-state index contributed by atoms with van der Waals surface area (Å²) in [6, 6.07) is 24.8. The fraction of sp³-hybridized carbons (Fsp3) is 0.382. The Kier molecular flexibility index (Phi) is 10.3. The molecule has 7 heteroatoms. The first-order valence-electron chi connectivity index (χ1n) is 14.0. The number of aryl methyl sites for hydroxylation is 1. The Labute approximate surface area is 244 Å². The van der Waals surface area contributed by atoms with Crippen LogP contribution in [0.5, 0.6) is 0 Å². The van der Waals surface area contributed by atoms with Crippen molar-refractivity contribution in [2.45, 2.75) is 84.7 Å². The summed E-state index contributed by atoms with van der Waals surface area (Å²) in [5, 5.41) is 5.86. The van der Waals surface area contributed by atoms with Gasteiger partial charge < -0.3 is 20.3 Å². The van der Waals surface area contributed by atoms with E-state index in [1.807, 2.05) is 113 Å². The van der Waals surface area contributed by atoms with E-state index in [1.165, 1.54) is 0 Å². The van der Waals surface area contributed by atoms with E-state index < -0.39 is 29.3 Å². The van der Waals surface area contributed by atoms with Crippen LogP contribution in [0, 0.1) is 6.92 Å². The SMILES string of the molecule is Cc1ccccc1C(C(=O)NCc1ccccc1)N(C(=O)C(Cc1ccccc1)NC(=O)OC(C)(C)C)C(C)(C)C. The van der Waals surface area contributed by atoms with Crippen LogP contribution >= 0.6 is 0 Å². The molecule has 0 fully saturated rings. The summed E-state index contributed by atoms with van der Waals surface area (Å²) in [7, 11) is 0. The molecule has 0 bridgehead atoms. The highest BCUT2D eigenvalue weighted by Crippen LogP contribution is 2.32. The Morgan fingerprint density at radius 1 is 0.780 bits per heavy atom. The van der Waals surface area contributed by atoms with E-state index in [4.69, 9.17) is 4.74 Å². The number of carbonyl (C=O) groups excluding carboxylic acids is 3. The van der Waals surface area contributed by atoms with Crippen LogP contribution in [-0.2, 0) is 27.3 Å². The van der Waals surface area contributed by atoms with E-state index in [-0.39, 0.29) is 18.2 Å². The highest BCUT2D eigenvalue weighted by atomic mass is 16.6. The van der Waals surface area contributed by atoms with Gasteiger partial charge in [0.05, 0.1) is 0 Å². The molecule has 218 valence electrons. The van der Waals surface area contributed by atoms with E-state index in [2.05, 4.69) is 10.6 Å². The maximum absolute atomic E-state index is 14.6. The lowest BCUT2D eigenvalue weighted by Gasteiger charge is -2.43. The van der Waals surface area contributed by atoms with Crippen molar-refractivity contribution in [2.75, 3.05) is 0 Å². The van der Waals surface area contributed by atoms with Gasteiger partial charge in [0, 0.05) is 18.5 Å². The number of hydrogen-bond acceptors (Lipinski definition) is 4. The van der Waals surface area contributed by atoms with E-state index in [9.17, 15) is 14.4 Å². The molecule has 0 aromatic heterocycles. The second-order valence-electron chi connectivity index (χ2n) is 12.2. The highest BCUT2D eigenvalue weighted by molar-refractivity contribution is 5.93. The number of benzene rings is 3. The lowest BCUT2D eigenvalue weighted by atomic mass is 9.92. The lowest BCUT2D eigenvalue weighted by molar-refractivity contribution is -0.148. The van der Waals surface area contributed by atoms with Gasteiger partial charge in [0.25, 0.3) is 0 Å². The van der Waals surface area contributed by atoms with Crippen molar-refractivity contribution in [1.29, 1.82) is 0 Å². The number of rotatable bonds is 9. The van der Waals surface area contributed by atoms with Crippen molar-refractivity contribution < 1.29 is 19.1 Å². The zero-order chi connectivity index (χ0) is 30.2. The van der Waals surface area contributed by atoms with Crippen LogP contribution in [0.3, 0.4) is 0 Å². The molecule has 2 atom stereocenters. The highest BCUT2D eigenvalue weighted by Gasteiger charge is 2.42. The number of hydrogen-bond donors (Lipinski definition) is 2. The molecule has 7 nitrogen and oxygen atoms in total. The first kappa shape index (κ1) is 31.4. The third-order valence-electron chi connectivity index (χ3n) is 6.53. The monoisotopic (exact) mass is 557 g/mol. The minimum atomic E-state index is -0.972. The van der Waals surface area contributed by atoms with E-state index in [0.717, 1.165) is 22.3 Å². The summed E-state index contributed by atoms with van der Waals surface area (Å²) >= 11 is 0. The minimum absolute atomic E-state index is 0.234. The van der Waals surface area contributed by atoms with Gasteiger partial charge in [-0.05, 0) is 70.7 Å². The molecule has 2 N–H and O–H groups in total. The molecule has 3 amide bonds. The predicted octanol–water partition coefficient (Wildman–Crippen LogP) is 6.12. The topological polar surface area (TPSA) is 87.7 Å². The van der Waals surface area contributed by atoms with Crippen LogP contribution in [-0.4, -0.2) is 40.0 Å². The van der Waals surface area contributed by atoms with Gasteiger partial charge in [-0.3, -0.25) is 9.59 Å². The van der Waals surface area contributed by atoms with Crippen molar-refractivity contribution in [1.82, 2.24) is 15.5 Å². The molecule has 0 saturated heterocycles. The van der Waals surface area contributed by atoms with E-state index in [0.29, 0.717) is 6.54 Å². The molecular weight excluding hydrogens is 514 g/mol. The van der Waals surface area contributed by atoms with Gasteiger partial charge in [0.15, 0.2) is 0 Å². The zero-order valence-corrected chi connectivity index (χ0v) is 25.2. The smallest absolute Gasteiger partial charge is 0.408 e. The second kappa shape index (κ2) is 13.5. The number of carbonyl (C=O) groups is 3. The maximum atomic E-state index is 14.6. The van der Waals surface area contributed by atoms with E-state index in [1.54, 1.807) is 25.7 Å².